The lowest BCUT2D eigenvalue weighted by atomic mass is 10.2. The number of ether oxygens (including phenoxy) is 1. The second kappa shape index (κ2) is 5.88. The third-order valence-electron chi connectivity index (χ3n) is 3.55. The van der Waals surface area contributed by atoms with Gasteiger partial charge in [-0.05, 0) is 31.0 Å². The molecular weight excluding hydrogens is 300 g/mol. The van der Waals surface area contributed by atoms with Crippen molar-refractivity contribution in [3.05, 3.63) is 45.2 Å². The van der Waals surface area contributed by atoms with Crippen LogP contribution in [0, 0.1) is 0 Å². The quantitative estimate of drug-likeness (QED) is 0.694. The number of pyridine rings is 1. The molecule has 22 heavy (non-hydrogen) atoms. The van der Waals surface area contributed by atoms with Gasteiger partial charge in [-0.1, -0.05) is 13.3 Å². The molecule has 5 nitrogen and oxygen atoms in total. The summed E-state index contributed by atoms with van der Waals surface area (Å²) in [4.78, 5) is 30.7. The van der Waals surface area contributed by atoms with Crippen LogP contribution < -0.4 is 5.56 Å². The Balaban J connectivity index is 2.18. The molecule has 0 saturated carbocycles. The molecule has 3 rings (SSSR count). The van der Waals surface area contributed by atoms with Gasteiger partial charge < -0.3 is 4.74 Å². The van der Waals surface area contributed by atoms with Gasteiger partial charge in [0.05, 0.1) is 18.1 Å². The molecule has 0 unspecified atom stereocenters. The van der Waals surface area contributed by atoms with Crippen LogP contribution in [0.5, 0.6) is 0 Å². The third kappa shape index (κ3) is 2.50. The van der Waals surface area contributed by atoms with Crippen molar-refractivity contribution in [1.29, 1.82) is 0 Å². The van der Waals surface area contributed by atoms with Crippen molar-refractivity contribution in [3.8, 4) is 0 Å². The van der Waals surface area contributed by atoms with Crippen LogP contribution in [0.4, 0.5) is 0 Å². The summed E-state index contributed by atoms with van der Waals surface area (Å²) in [6.45, 7) is 2.14. The number of aromatic nitrogens is 2. The zero-order chi connectivity index (χ0) is 15.7. The van der Waals surface area contributed by atoms with Crippen LogP contribution in [0.25, 0.3) is 15.9 Å². The van der Waals surface area contributed by atoms with E-state index in [4.69, 9.17) is 0 Å². The smallest absolute Gasteiger partial charge is 0.339 e. The monoisotopic (exact) mass is 316 g/mol. The van der Waals surface area contributed by atoms with Crippen molar-refractivity contribution in [2.45, 2.75) is 26.2 Å². The Hall–Kier alpha value is -2.21. The van der Waals surface area contributed by atoms with E-state index in [-0.39, 0.29) is 5.56 Å². The molecular formula is C16H16N2O3S. The van der Waals surface area contributed by atoms with Crippen molar-refractivity contribution in [3.63, 3.8) is 0 Å². The van der Waals surface area contributed by atoms with Crippen LogP contribution in [-0.2, 0) is 11.2 Å². The van der Waals surface area contributed by atoms with Crippen LogP contribution in [0.3, 0.4) is 0 Å². The zero-order valence-corrected chi connectivity index (χ0v) is 13.3. The Morgan fingerprint density at radius 2 is 2.23 bits per heavy atom. The third-order valence-corrected chi connectivity index (χ3v) is 4.64. The van der Waals surface area contributed by atoms with Crippen molar-refractivity contribution in [1.82, 2.24) is 9.38 Å². The van der Waals surface area contributed by atoms with Gasteiger partial charge in [-0.25, -0.2) is 9.78 Å². The largest absolute Gasteiger partial charge is 0.465 e. The number of hydrogen-bond donors (Lipinski definition) is 0. The Morgan fingerprint density at radius 1 is 1.41 bits per heavy atom. The maximum Gasteiger partial charge on any atom is 0.339 e. The highest BCUT2D eigenvalue weighted by molar-refractivity contribution is 7.18. The highest BCUT2D eigenvalue weighted by Crippen LogP contribution is 2.23. The van der Waals surface area contributed by atoms with E-state index >= 15 is 0 Å². The molecule has 0 aliphatic heterocycles. The summed E-state index contributed by atoms with van der Waals surface area (Å²) in [5, 5.41) is 0.607. The fourth-order valence-electron chi connectivity index (χ4n) is 2.36. The van der Waals surface area contributed by atoms with Crippen molar-refractivity contribution in [2.75, 3.05) is 7.11 Å². The molecule has 0 radical (unpaired) electrons. The van der Waals surface area contributed by atoms with E-state index in [0.29, 0.717) is 16.6 Å². The molecule has 3 aromatic heterocycles. The maximum absolute atomic E-state index is 12.6. The van der Waals surface area contributed by atoms with Gasteiger partial charge in [0.25, 0.3) is 5.56 Å². The van der Waals surface area contributed by atoms with E-state index in [9.17, 15) is 9.59 Å². The molecule has 0 atom stereocenters. The van der Waals surface area contributed by atoms with Crippen molar-refractivity contribution >= 4 is 33.2 Å². The number of carbonyl (C=O) groups excluding carboxylic acids is 1. The standard InChI is InChI=1S/C16H16N2O3S/c1-3-4-5-11-8-12-14(22-11)17-13-7-6-10(16(20)21-2)9-18(13)15(12)19/h6-9H,3-5H2,1-2H3. The molecule has 0 spiro atoms. The summed E-state index contributed by atoms with van der Waals surface area (Å²) in [5.74, 6) is -0.470. The lowest BCUT2D eigenvalue weighted by Gasteiger charge is -2.03. The Kier molecular flexibility index (Phi) is 3.94. The molecule has 0 aliphatic rings. The first-order valence-corrected chi connectivity index (χ1v) is 7.99. The number of thiophene rings is 1. The number of fused-ring (bicyclic) bond motifs is 2. The van der Waals surface area contributed by atoms with Gasteiger partial charge in [0.1, 0.15) is 10.5 Å². The summed E-state index contributed by atoms with van der Waals surface area (Å²) in [7, 11) is 1.32. The molecule has 0 N–H and O–H groups in total. The van der Waals surface area contributed by atoms with E-state index in [2.05, 4.69) is 16.6 Å². The fraction of sp³-hybridized carbons (Fsp3) is 0.312. The predicted molar refractivity (Wildman–Crippen MR) is 86.8 cm³/mol. The molecule has 0 bridgehead atoms. The Labute approximate surface area is 131 Å². The highest BCUT2D eigenvalue weighted by atomic mass is 32.1. The molecule has 0 aliphatic carbocycles. The minimum absolute atomic E-state index is 0.148. The number of aryl methyl sites for hydroxylation is 1. The van der Waals surface area contributed by atoms with Crippen LogP contribution in [0.2, 0.25) is 0 Å². The molecule has 0 amide bonds. The van der Waals surface area contributed by atoms with Gasteiger partial charge in [0, 0.05) is 11.1 Å². The number of methoxy groups -OCH3 is 1. The van der Waals surface area contributed by atoms with Gasteiger partial charge >= 0.3 is 5.97 Å². The summed E-state index contributed by atoms with van der Waals surface area (Å²) >= 11 is 1.57. The van der Waals surface area contributed by atoms with Crippen LogP contribution in [-0.4, -0.2) is 22.5 Å². The molecule has 6 heteroatoms. The zero-order valence-electron chi connectivity index (χ0n) is 12.5. The van der Waals surface area contributed by atoms with Crippen LogP contribution >= 0.6 is 11.3 Å². The van der Waals surface area contributed by atoms with Gasteiger partial charge in [-0.15, -0.1) is 11.3 Å². The first-order chi connectivity index (χ1) is 10.6. The second-order valence-electron chi connectivity index (χ2n) is 5.09. The first-order valence-electron chi connectivity index (χ1n) is 7.17. The normalized spacial score (nSPS) is 11.2. The molecule has 3 heterocycles. The molecule has 0 saturated heterocycles. The van der Waals surface area contributed by atoms with Crippen LogP contribution in [0.15, 0.2) is 29.2 Å². The number of hydrogen-bond acceptors (Lipinski definition) is 5. The number of nitrogens with zero attached hydrogens (tertiary/aromatic N) is 2. The Morgan fingerprint density at radius 3 is 2.95 bits per heavy atom. The van der Waals surface area contributed by atoms with Gasteiger partial charge in [0.15, 0.2) is 0 Å². The topological polar surface area (TPSA) is 60.7 Å². The van der Waals surface area contributed by atoms with Gasteiger partial charge in [-0.3, -0.25) is 9.20 Å². The average molecular weight is 316 g/mol. The molecule has 3 aromatic rings. The highest BCUT2D eigenvalue weighted by Gasteiger charge is 2.12. The fourth-order valence-corrected chi connectivity index (χ4v) is 3.43. The number of rotatable bonds is 4. The second-order valence-corrected chi connectivity index (χ2v) is 6.20. The number of unbranched alkanes of at least 4 members (excludes halogenated alkanes) is 1. The first kappa shape index (κ1) is 14.7. The van der Waals surface area contributed by atoms with Crippen molar-refractivity contribution < 1.29 is 9.53 Å². The van der Waals surface area contributed by atoms with E-state index in [1.165, 1.54) is 22.6 Å². The predicted octanol–water partition coefficient (Wildman–Crippen LogP) is 3.04. The SMILES string of the molecule is CCCCc1cc2c(=O)n3cc(C(=O)OC)ccc3nc2s1. The van der Waals surface area contributed by atoms with Crippen molar-refractivity contribution in [2.24, 2.45) is 0 Å². The number of esters is 1. The molecule has 0 fully saturated rings. The summed E-state index contributed by atoms with van der Waals surface area (Å²) in [6.07, 6.45) is 4.66. The maximum atomic E-state index is 12.6. The lowest BCUT2D eigenvalue weighted by Crippen LogP contribution is -2.16. The lowest BCUT2D eigenvalue weighted by molar-refractivity contribution is 0.0600. The van der Waals surface area contributed by atoms with E-state index in [1.54, 1.807) is 23.5 Å². The summed E-state index contributed by atoms with van der Waals surface area (Å²) in [6, 6.07) is 5.20. The van der Waals surface area contributed by atoms with E-state index in [1.807, 2.05) is 6.07 Å². The molecule has 0 aromatic carbocycles. The van der Waals surface area contributed by atoms with Gasteiger partial charge in [0.2, 0.25) is 0 Å². The average Bonchev–Trinajstić information content (AvgIpc) is 2.95. The van der Waals surface area contributed by atoms with Gasteiger partial charge in [-0.2, -0.15) is 0 Å². The summed E-state index contributed by atoms with van der Waals surface area (Å²) < 4.78 is 6.10. The minimum atomic E-state index is -0.470. The van der Waals surface area contributed by atoms with Crippen LogP contribution in [0.1, 0.15) is 35.0 Å². The van der Waals surface area contributed by atoms with E-state index in [0.717, 1.165) is 24.1 Å². The summed E-state index contributed by atoms with van der Waals surface area (Å²) in [5.41, 5.74) is 0.721. The molecule has 114 valence electrons. The number of carbonyl (C=O) groups is 1. The Bertz CT molecular complexity index is 911. The van der Waals surface area contributed by atoms with E-state index < -0.39 is 5.97 Å². The minimum Gasteiger partial charge on any atom is -0.465 e.